The molecule has 2 unspecified atom stereocenters. The Morgan fingerprint density at radius 3 is 2.73 bits per heavy atom. The van der Waals surface area contributed by atoms with Crippen molar-refractivity contribution >= 4 is 39.5 Å². The Kier molecular flexibility index (Phi) is 6.30. The highest BCUT2D eigenvalue weighted by atomic mass is 35.5. The first kappa shape index (κ1) is 22.6. The predicted molar refractivity (Wildman–Crippen MR) is 131 cm³/mol. The molecule has 2 aliphatic heterocycles. The Labute approximate surface area is 201 Å². The second-order valence-corrected chi connectivity index (χ2v) is 11.2. The zero-order chi connectivity index (χ0) is 23.0. The molecule has 2 fully saturated rings. The van der Waals surface area contributed by atoms with Crippen LogP contribution in [0, 0.1) is 6.57 Å². The number of fused-ring (bicyclic) bond motifs is 1. The van der Waals surface area contributed by atoms with Crippen molar-refractivity contribution in [3.8, 4) is 0 Å². The Bertz CT molecular complexity index is 1110. The number of halogens is 1. The summed E-state index contributed by atoms with van der Waals surface area (Å²) in [6.45, 7) is 9.63. The fourth-order valence-corrected chi connectivity index (χ4v) is 6.80. The highest BCUT2D eigenvalue weighted by molar-refractivity contribution is 7.85. The number of nitrogens with zero attached hydrogens (tertiary/aromatic N) is 4. The molecule has 9 heteroatoms. The van der Waals surface area contributed by atoms with Gasteiger partial charge in [0.2, 0.25) is 5.69 Å². The van der Waals surface area contributed by atoms with Gasteiger partial charge in [-0.2, -0.15) is 0 Å². The Hall–Kier alpha value is -2.21. The minimum Gasteiger partial charge on any atom is -0.394 e. The topological polar surface area (TPSA) is 82.7 Å². The molecule has 1 saturated carbocycles. The summed E-state index contributed by atoms with van der Waals surface area (Å²) in [5.41, 5.74) is 2.95. The zero-order valence-corrected chi connectivity index (χ0v) is 20.1. The average molecular weight is 486 g/mol. The molecule has 3 aliphatic rings. The maximum atomic E-state index is 12.9. The van der Waals surface area contributed by atoms with Crippen molar-refractivity contribution in [2.24, 2.45) is 0 Å². The second kappa shape index (κ2) is 9.21. The van der Waals surface area contributed by atoms with Crippen molar-refractivity contribution in [2.75, 3.05) is 35.7 Å². The molecule has 0 bridgehead atoms. The van der Waals surface area contributed by atoms with Gasteiger partial charge in [-0.25, -0.2) is 14.8 Å². The molecule has 174 valence electrons. The molecule has 1 aromatic heterocycles. The van der Waals surface area contributed by atoms with Gasteiger partial charge in [-0.1, -0.05) is 11.6 Å². The van der Waals surface area contributed by atoms with Gasteiger partial charge in [-0.3, -0.25) is 4.21 Å². The number of rotatable bonds is 5. The van der Waals surface area contributed by atoms with Crippen LogP contribution < -0.4 is 10.2 Å². The van der Waals surface area contributed by atoms with Crippen LogP contribution in [0.2, 0.25) is 5.02 Å². The van der Waals surface area contributed by atoms with Gasteiger partial charge in [0.05, 0.1) is 45.1 Å². The number of anilines is 2. The molecule has 2 aromatic rings. The molecule has 3 heterocycles. The lowest BCUT2D eigenvalue weighted by molar-refractivity contribution is 0.144. The van der Waals surface area contributed by atoms with Crippen LogP contribution in [-0.4, -0.2) is 50.3 Å². The summed E-state index contributed by atoms with van der Waals surface area (Å²) in [4.78, 5) is 15.8. The van der Waals surface area contributed by atoms with Crippen LogP contribution in [0.3, 0.4) is 0 Å². The summed E-state index contributed by atoms with van der Waals surface area (Å²) >= 11 is 5.96. The van der Waals surface area contributed by atoms with E-state index in [1.165, 1.54) is 0 Å². The van der Waals surface area contributed by atoms with Gasteiger partial charge in [-0.15, -0.1) is 0 Å². The summed E-state index contributed by atoms with van der Waals surface area (Å²) in [6.07, 6.45) is 9.69. The molecule has 0 amide bonds. The summed E-state index contributed by atoms with van der Waals surface area (Å²) in [7, 11) is -1.12. The maximum absolute atomic E-state index is 12.9. The Balaban J connectivity index is 1.47. The number of hydrogen-bond acceptors (Lipinski definition) is 6. The first-order chi connectivity index (χ1) is 16.0. The van der Waals surface area contributed by atoms with Crippen LogP contribution in [0.25, 0.3) is 4.85 Å². The number of hydrogen-bond donors (Lipinski definition) is 2. The summed E-state index contributed by atoms with van der Waals surface area (Å²) < 4.78 is 12.9. The number of aromatic nitrogens is 2. The largest absolute Gasteiger partial charge is 0.394 e. The molecule has 7 nitrogen and oxygen atoms in total. The van der Waals surface area contributed by atoms with Crippen LogP contribution in [0.15, 0.2) is 23.4 Å². The van der Waals surface area contributed by atoms with Crippen molar-refractivity contribution in [2.45, 2.75) is 61.3 Å². The third-order valence-corrected chi connectivity index (χ3v) is 8.98. The van der Waals surface area contributed by atoms with Crippen molar-refractivity contribution < 1.29 is 9.32 Å². The van der Waals surface area contributed by atoms with E-state index in [1.54, 1.807) is 12.4 Å². The first-order valence-corrected chi connectivity index (χ1v) is 13.3. The van der Waals surface area contributed by atoms with E-state index in [0.29, 0.717) is 22.9 Å². The molecule has 2 atom stereocenters. The lowest BCUT2D eigenvalue weighted by Crippen LogP contribution is -2.48. The van der Waals surface area contributed by atoms with E-state index in [1.807, 2.05) is 6.07 Å². The lowest BCUT2D eigenvalue weighted by atomic mass is 9.77. The second-order valence-electron chi connectivity index (χ2n) is 9.30. The van der Waals surface area contributed by atoms with Crippen LogP contribution in [0.4, 0.5) is 17.1 Å². The summed E-state index contributed by atoms with van der Waals surface area (Å²) in [5, 5.41) is 14.1. The average Bonchev–Trinajstić information content (AvgIpc) is 3.03. The van der Waals surface area contributed by atoms with Crippen LogP contribution >= 0.6 is 11.6 Å². The van der Waals surface area contributed by atoms with E-state index in [4.69, 9.17) is 18.2 Å². The molecule has 2 N–H and O–H groups in total. The molecule has 0 radical (unpaired) electrons. The molecule has 5 rings (SSSR count). The molecule has 1 saturated heterocycles. The smallest absolute Gasteiger partial charge is 0.214 e. The van der Waals surface area contributed by atoms with Crippen LogP contribution in [0.5, 0.6) is 0 Å². The third kappa shape index (κ3) is 4.23. The molecule has 0 spiro atoms. The monoisotopic (exact) mass is 485 g/mol. The molecule has 1 aliphatic carbocycles. The van der Waals surface area contributed by atoms with Crippen molar-refractivity contribution in [1.29, 1.82) is 0 Å². The quantitative estimate of drug-likeness (QED) is 0.609. The fourth-order valence-electron chi connectivity index (χ4n) is 5.28. The number of aliphatic hydroxyl groups excluding tert-OH is 1. The van der Waals surface area contributed by atoms with Crippen LogP contribution in [0.1, 0.15) is 55.8 Å². The standard InChI is InChI=1S/C24H28ClN5O2S/c1-26-21-18-6-11-33(32)22(18)19(29-24(15-31)7-3-8-24)12-20(21)30-9-2-4-16(5-10-30)23-27-13-17(25)14-28-23/h12-14,16,29,31H,2-11,15H2. The van der Waals surface area contributed by atoms with Gasteiger partial charge in [0.1, 0.15) is 5.82 Å². The fraction of sp³-hybridized carbons (Fsp3) is 0.542. The van der Waals surface area contributed by atoms with E-state index in [2.05, 4.69) is 25.0 Å². The number of benzene rings is 1. The number of aliphatic hydroxyl groups is 1. The summed E-state index contributed by atoms with van der Waals surface area (Å²) in [6, 6.07) is 2.02. The lowest BCUT2D eigenvalue weighted by Gasteiger charge is -2.42. The first-order valence-electron chi connectivity index (χ1n) is 11.6. The van der Waals surface area contributed by atoms with E-state index in [-0.39, 0.29) is 18.1 Å². The SMILES string of the molecule is [C-]#[N+]c1c(N2CCCC(c3ncc(Cl)cn3)CC2)cc(NC2(CO)CCC2)c2c1CCS2=O. The van der Waals surface area contributed by atoms with E-state index in [0.717, 1.165) is 79.3 Å². The molecule has 33 heavy (non-hydrogen) atoms. The minimum atomic E-state index is -1.12. The normalized spacial score (nSPS) is 23.8. The molecular formula is C24H28ClN5O2S. The Morgan fingerprint density at radius 2 is 2.06 bits per heavy atom. The third-order valence-electron chi connectivity index (χ3n) is 7.29. The number of nitrogens with one attached hydrogen (secondary N) is 1. The van der Waals surface area contributed by atoms with Gasteiger partial charge in [-0.05, 0) is 56.6 Å². The maximum Gasteiger partial charge on any atom is 0.214 e. The molecule has 1 aromatic carbocycles. The highest BCUT2D eigenvalue weighted by Crippen LogP contribution is 2.47. The Morgan fingerprint density at radius 1 is 1.27 bits per heavy atom. The van der Waals surface area contributed by atoms with Gasteiger partial charge < -0.3 is 15.3 Å². The minimum absolute atomic E-state index is 0.0563. The van der Waals surface area contributed by atoms with E-state index < -0.39 is 10.8 Å². The van der Waals surface area contributed by atoms with Gasteiger partial charge in [0.15, 0.2) is 0 Å². The van der Waals surface area contributed by atoms with Gasteiger partial charge >= 0.3 is 0 Å². The van der Waals surface area contributed by atoms with Crippen molar-refractivity contribution in [3.63, 3.8) is 0 Å². The summed E-state index contributed by atoms with van der Waals surface area (Å²) in [5.74, 6) is 1.64. The molecular weight excluding hydrogens is 458 g/mol. The van der Waals surface area contributed by atoms with Crippen LogP contribution in [-0.2, 0) is 17.2 Å². The predicted octanol–water partition coefficient (Wildman–Crippen LogP) is 4.45. The van der Waals surface area contributed by atoms with Crippen molar-refractivity contribution in [3.05, 3.63) is 46.3 Å². The van der Waals surface area contributed by atoms with E-state index >= 15 is 0 Å². The van der Waals surface area contributed by atoms with Crippen molar-refractivity contribution in [1.82, 2.24) is 9.97 Å². The highest BCUT2D eigenvalue weighted by Gasteiger charge is 2.39. The van der Waals surface area contributed by atoms with Gasteiger partial charge in [0.25, 0.3) is 0 Å². The van der Waals surface area contributed by atoms with Gasteiger partial charge in [0, 0.05) is 42.8 Å². The van der Waals surface area contributed by atoms with E-state index in [9.17, 15) is 9.32 Å². The zero-order valence-electron chi connectivity index (χ0n) is 18.5.